The van der Waals surface area contributed by atoms with E-state index in [9.17, 15) is 0 Å². The van der Waals surface area contributed by atoms with E-state index in [0.717, 1.165) is 10.9 Å². The third-order valence-corrected chi connectivity index (χ3v) is 2.53. The molecule has 1 aliphatic rings. The van der Waals surface area contributed by atoms with Crippen LogP contribution in [0.15, 0.2) is 28.7 Å². The van der Waals surface area contributed by atoms with Gasteiger partial charge in [0.15, 0.2) is 0 Å². The van der Waals surface area contributed by atoms with Gasteiger partial charge in [-0.05, 0) is 24.1 Å². The zero-order chi connectivity index (χ0) is 7.84. The second-order valence-corrected chi connectivity index (χ2v) is 3.88. The summed E-state index contributed by atoms with van der Waals surface area (Å²) < 4.78 is 1.09. The summed E-state index contributed by atoms with van der Waals surface area (Å²) in [4.78, 5) is 0. The van der Waals surface area contributed by atoms with Gasteiger partial charge in [-0.25, -0.2) is 0 Å². The Hall–Kier alpha value is -0.340. The first kappa shape index (κ1) is 7.32. The molecule has 1 N–H and O–H groups in total. The van der Waals surface area contributed by atoms with Gasteiger partial charge in [0.2, 0.25) is 0 Å². The Morgan fingerprint density at radius 2 is 2.18 bits per heavy atom. The molecule has 1 nitrogen and oxygen atoms in total. The number of aliphatic hydroxyl groups is 1. The Bertz CT molecular complexity index is 272. The Kier molecular flexibility index (Phi) is 1.74. The van der Waals surface area contributed by atoms with E-state index in [2.05, 4.69) is 28.1 Å². The first-order chi connectivity index (χ1) is 5.27. The van der Waals surface area contributed by atoms with Crippen LogP contribution in [0.25, 0.3) is 0 Å². The molecule has 11 heavy (non-hydrogen) atoms. The van der Waals surface area contributed by atoms with Gasteiger partial charge in [0.1, 0.15) is 0 Å². The fourth-order valence-corrected chi connectivity index (χ4v) is 1.69. The maximum atomic E-state index is 9.16. The average Bonchev–Trinajstić information content (AvgIpc) is 2.67. The molecule has 0 spiro atoms. The van der Waals surface area contributed by atoms with Crippen LogP contribution in [0.3, 0.4) is 0 Å². The van der Waals surface area contributed by atoms with Crippen molar-refractivity contribution < 1.29 is 5.11 Å². The monoisotopic (exact) mass is 212 g/mol. The van der Waals surface area contributed by atoms with Crippen LogP contribution in [-0.2, 0) is 0 Å². The van der Waals surface area contributed by atoms with Gasteiger partial charge in [-0.1, -0.05) is 28.1 Å². The summed E-state index contributed by atoms with van der Waals surface area (Å²) in [6, 6.07) is 8.13. The summed E-state index contributed by atoms with van der Waals surface area (Å²) in [7, 11) is 0. The normalized spacial score (nSPS) is 28.5. The van der Waals surface area contributed by atoms with Crippen molar-refractivity contribution in [2.75, 3.05) is 0 Å². The lowest BCUT2D eigenvalue weighted by atomic mass is 10.1. The zero-order valence-electron chi connectivity index (χ0n) is 6.00. The van der Waals surface area contributed by atoms with Gasteiger partial charge in [-0.2, -0.15) is 0 Å². The smallest absolute Gasteiger partial charge is 0.0616 e. The largest absolute Gasteiger partial charge is 0.392 e. The van der Waals surface area contributed by atoms with E-state index in [4.69, 9.17) is 5.11 Å². The lowest BCUT2D eigenvalue weighted by molar-refractivity contribution is 0.272. The topological polar surface area (TPSA) is 20.2 Å². The molecule has 1 saturated carbocycles. The van der Waals surface area contributed by atoms with E-state index in [1.54, 1.807) is 0 Å². The molecule has 58 valence electrons. The molecule has 1 aromatic rings. The molecule has 0 saturated heterocycles. The number of aliphatic hydroxyl groups excluding tert-OH is 1. The Morgan fingerprint density at radius 1 is 1.45 bits per heavy atom. The summed E-state index contributed by atoms with van der Waals surface area (Å²) in [6.07, 6.45) is 0.834. The molecule has 0 amide bonds. The molecule has 2 heteroatoms. The van der Waals surface area contributed by atoms with Crippen LogP contribution in [0.5, 0.6) is 0 Å². The van der Waals surface area contributed by atoms with Gasteiger partial charge in [0, 0.05) is 10.4 Å². The predicted molar refractivity (Wildman–Crippen MR) is 47.5 cm³/mol. The maximum absolute atomic E-state index is 9.16. The van der Waals surface area contributed by atoms with E-state index in [-0.39, 0.29) is 6.10 Å². The third-order valence-electron chi connectivity index (χ3n) is 2.03. The van der Waals surface area contributed by atoms with E-state index in [1.165, 1.54) is 5.56 Å². The van der Waals surface area contributed by atoms with Gasteiger partial charge in [-0.3, -0.25) is 0 Å². The highest BCUT2D eigenvalue weighted by Gasteiger charge is 2.36. The van der Waals surface area contributed by atoms with Gasteiger partial charge < -0.3 is 5.11 Å². The van der Waals surface area contributed by atoms with Crippen molar-refractivity contribution >= 4 is 15.9 Å². The minimum Gasteiger partial charge on any atom is -0.392 e. The molecular weight excluding hydrogens is 204 g/mol. The lowest BCUT2D eigenvalue weighted by Crippen LogP contribution is -1.84. The minimum atomic E-state index is -0.0932. The number of rotatable bonds is 1. The Balaban J connectivity index is 2.25. The summed E-state index contributed by atoms with van der Waals surface area (Å²) in [5.74, 6) is 0.396. The standard InChI is InChI=1S/C9H9BrO/c10-7-3-1-2-6(4-7)8-5-9(8)11/h1-4,8-9,11H,5H2. The van der Waals surface area contributed by atoms with Crippen LogP contribution >= 0.6 is 15.9 Å². The highest BCUT2D eigenvalue weighted by molar-refractivity contribution is 9.10. The second kappa shape index (κ2) is 2.61. The van der Waals surface area contributed by atoms with Gasteiger partial charge in [0.05, 0.1) is 6.10 Å². The average molecular weight is 213 g/mol. The fourth-order valence-electron chi connectivity index (χ4n) is 1.28. The van der Waals surface area contributed by atoms with Crippen LogP contribution in [0, 0.1) is 0 Å². The van der Waals surface area contributed by atoms with E-state index < -0.39 is 0 Å². The maximum Gasteiger partial charge on any atom is 0.0616 e. The zero-order valence-corrected chi connectivity index (χ0v) is 7.58. The van der Waals surface area contributed by atoms with Crippen molar-refractivity contribution in [3.05, 3.63) is 34.3 Å². The fraction of sp³-hybridized carbons (Fsp3) is 0.333. The van der Waals surface area contributed by atoms with E-state index in [0.29, 0.717) is 5.92 Å². The van der Waals surface area contributed by atoms with Gasteiger partial charge in [-0.15, -0.1) is 0 Å². The quantitative estimate of drug-likeness (QED) is 0.758. The SMILES string of the molecule is OC1CC1c1cccc(Br)c1. The van der Waals surface area contributed by atoms with Crippen LogP contribution in [0.1, 0.15) is 17.9 Å². The van der Waals surface area contributed by atoms with Crippen LogP contribution in [0.4, 0.5) is 0 Å². The molecule has 1 aromatic carbocycles. The van der Waals surface area contributed by atoms with Gasteiger partial charge in [0.25, 0.3) is 0 Å². The van der Waals surface area contributed by atoms with Gasteiger partial charge >= 0.3 is 0 Å². The van der Waals surface area contributed by atoms with Crippen LogP contribution in [0.2, 0.25) is 0 Å². The number of hydrogen-bond acceptors (Lipinski definition) is 1. The number of benzene rings is 1. The molecule has 0 radical (unpaired) electrons. The highest BCUT2D eigenvalue weighted by atomic mass is 79.9. The molecule has 0 aliphatic heterocycles. The van der Waals surface area contributed by atoms with Crippen molar-refractivity contribution in [1.82, 2.24) is 0 Å². The number of halogens is 1. The van der Waals surface area contributed by atoms with Crippen molar-refractivity contribution in [3.63, 3.8) is 0 Å². The van der Waals surface area contributed by atoms with Crippen LogP contribution < -0.4 is 0 Å². The molecule has 0 heterocycles. The Morgan fingerprint density at radius 3 is 2.73 bits per heavy atom. The first-order valence-electron chi connectivity index (χ1n) is 3.71. The summed E-state index contributed by atoms with van der Waals surface area (Å²) in [5.41, 5.74) is 1.24. The Labute approximate surface area is 74.2 Å². The molecule has 1 aliphatic carbocycles. The van der Waals surface area contributed by atoms with Crippen molar-refractivity contribution in [1.29, 1.82) is 0 Å². The lowest BCUT2D eigenvalue weighted by Gasteiger charge is -1.97. The first-order valence-corrected chi connectivity index (χ1v) is 4.50. The number of hydrogen-bond donors (Lipinski definition) is 1. The highest BCUT2D eigenvalue weighted by Crippen LogP contribution is 2.40. The second-order valence-electron chi connectivity index (χ2n) is 2.96. The molecule has 0 bridgehead atoms. The van der Waals surface area contributed by atoms with Crippen LogP contribution in [-0.4, -0.2) is 11.2 Å². The summed E-state index contributed by atoms with van der Waals surface area (Å²) >= 11 is 3.40. The molecular formula is C9H9BrO. The van der Waals surface area contributed by atoms with Crippen molar-refractivity contribution in [3.8, 4) is 0 Å². The molecule has 1 fully saturated rings. The summed E-state index contributed by atoms with van der Waals surface area (Å²) in [5, 5.41) is 9.16. The minimum absolute atomic E-state index is 0.0932. The molecule has 0 aromatic heterocycles. The predicted octanol–water partition coefficient (Wildman–Crippen LogP) is 2.30. The molecule has 2 atom stereocenters. The molecule has 2 unspecified atom stereocenters. The van der Waals surface area contributed by atoms with Crippen molar-refractivity contribution in [2.45, 2.75) is 18.4 Å². The van der Waals surface area contributed by atoms with E-state index >= 15 is 0 Å². The summed E-state index contributed by atoms with van der Waals surface area (Å²) in [6.45, 7) is 0. The third kappa shape index (κ3) is 1.47. The van der Waals surface area contributed by atoms with E-state index in [1.807, 2.05) is 12.1 Å². The van der Waals surface area contributed by atoms with Crippen molar-refractivity contribution in [2.24, 2.45) is 0 Å². The molecule has 2 rings (SSSR count).